The van der Waals surface area contributed by atoms with Gasteiger partial charge in [-0.2, -0.15) is 0 Å². The first-order valence-corrected chi connectivity index (χ1v) is 7.37. The molecule has 1 N–H and O–H groups in total. The molecule has 102 valence electrons. The first kappa shape index (κ1) is 13.1. The van der Waals surface area contributed by atoms with Crippen molar-refractivity contribution >= 4 is 38.2 Å². The fraction of sp³-hybridized carbons (Fsp3) is 0.0769. The molecule has 0 aliphatic rings. The fourth-order valence-electron chi connectivity index (χ4n) is 1.74. The number of fused-ring (bicyclic) bond motifs is 1. The van der Waals surface area contributed by atoms with E-state index in [2.05, 4.69) is 20.9 Å². The van der Waals surface area contributed by atoms with Crippen LogP contribution in [0.5, 0.6) is 5.75 Å². The minimum absolute atomic E-state index is 0.189. The molecule has 0 saturated heterocycles. The highest BCUT2D eigenvalue weighted by Gasteiger charge is 2.09. The van der Waals surface area contributed by atoms with Crippen LogP contribution in [0.4, 0.5) is 0 Å². The lowest BCUT2D eigenvalue weighted by Crippen LogP contribution is -2.00. The molecule has 0 aliphatic carbocycles. The Labute approximate surface area is 126 Å². The molecular formula is C13H9BrN2O3S. The van der Waals surface area contributed by atoms with Gasteiger partial charge in [0.2, 0.25) is 0 Å². The Bertz CT molecular complexity index is 752. The molecule has 0 unspecified atom stereocenters. The van der Waals surface area contributed by atoms with Gasteiger partial charge in [-0.1, -0.05) is 0 Å². The number of halogens is 1. The van der Waals surface area contributed by atoms with E-state index in [-0.39, 0.29) is 12.2 Å². The summed E-state index contributed by atoms with van der Waals surface area (Å²) in [6.07, 6.45) is 3.82. The van der Waals surface area contributed by atoms with Gasteiger partial charge in [0.1, 0.15) is 12.4 Å². The summed E-state index contributed by atoms with van der Waals surface area (Å²) in [6, 6.07) is 4.67. The van der Waals surface area contributed by atoms with E-state index in [0.717, 1.165) is 10.7 Å². The number of hydrogen-bond acceptors (Lipinski definition) is 4. The summed E-state index contributed by atoms with van der Waals surface area (Å²) >= 11 is 4.89. The summed E-state index contributed by atoms with van der Waals surface area (Å²) in [5, 5.41) is 10.9. The molecule has 2 heterocycles. The third-order valence-corrected chi connectivity index (χ3v) is 4.12. The van der Waals surface area contributed by atoms with Crippen LogP contribution in [0, 0.1) is 0 Å². The monoisotopic (exact) mass is 352 g/mol. The van der Waals surface area contributed by atoms with Crippen LogP contribution in [0.3, 0.4) is 0 Å². The molecule has 0 bridgehead atoms. The molecule has 3 aromatic rings. The fourth-order valence-corrected chi connectivity index (χ4v) is 2.82. The van der Waals surface area contributed by atoms with E-state index < -0.39 is 5.97 Å². The minimum Gasteiger partial charge on any atom is -0.486 e. The maximum Gasteiger partial charge on any atom is 0.335 e. The number of nitrogens with zero attached hydrogens (tertiary/aromatic N) is 2. The van der Waals surface area contributed by atoms with Crippen molar-refractivity contribution in [1.29, 1.82) is 0 Å². The van der Waals surface area contributed by atoms with Crippen LogP contribution < -0.4 is 4.74 Å². The second-order valence-electron chi connectivity index (χ2n) is 4.06. The van der Waals surface area contributed by atoms with Crippen LogP contribution in [0.15, 0.2) is 40.4 Å². The van der Waals surface area contributed by atoms with Crippen molar-refractivity contribution in [3.05, 3.63) is 51.7 Å². The zero-order valence-corrected chi connectivity index (χ0v) is 12.5. The summed E-state index contributed by atoms with van der Waals surface area (Å²) in [6.45, 7) is 0.288. The van der Waals surface area contributed by atoms with Crippen LogP contribution in [0.2, 0.25) is 0 Å². The summed E-state index contributed by atoms with van der Waals surface area (Å²) in [4.78, 5) is 16.2. The summed E-state index contributed by atoms with van der Waals surface area (Å²) in [5.74, 6) is -0.494. The largest absolute Gasteiger partial charge is 0.486 e. The Morgan fingerprint density at radius 3 is 3.10 bits per heavy atom. The Morgan fingerprint density at radius 1 is 1.50 bits per heavy atom. The molecule has 0 atom stereocenters. The van der Waals surface area contributed by atoms with Crippen molar-refractivity contribution in [3.63, 3.8) is 0 Å². The molecule has 0 radical (unpaired) electrons. The molecule has 0 fully saturated rings. The number of benzene rings is 1. The average Bonchev–Trinajstić information content (AvgIpc) is 2.98. The highest BCUT2D eigenvalue weighted by Crippen LogP contribution is 2.27. The maximum absolute atomic E-state index is 10.9. The van der Waals surface area contributed by atoms with Gasteiger partial charge in [-0.05, 0) is 34.1 Å². The van der Waals surface area contributed by atoms with E-state index in [1.807, 2.05) is 22.2 Å². The molecule has 2 aromatic heterocycles. The van der Waals surface area contributed by atoms with Crippen LogP contribution in [-0.2, 0) is 6.61 Å². The second kappa shape index (κ2) is 5.26. The highest BCUT2D eigenvalue weighted by atomic mass is 79.9. The van der Waals surface area contributed by atoms with E-state index in [0.29, 0.717) is 10.2 Å². The quantitative estimate of drug-likeness (QED) is 0.781. The molecule has 20 heavy (non-hydrogen) atoms. The van der Waals surface area contributed by atoms with Crippen LogP contribution in [0.25, 0.3) is 4.96 Å². The summed E-state index contributed by atoms with van der Waals surface area (Å²) < 4.78 is 8.27. The Hall–Kier alpha value is -1.86. The molecule has 5 nitrogen and oxygen atoms in total. The van der Waals surface area contributed by atoms with Gasteiger partial charge in [0.05, 0.1) is 15.7 Å². The van der Waals surface area contributed by atoms with Crippen LogP contribution >= 0.6 is 27.3 Å². The number of aromatic nitrogens is 2. The molecule has 0 aliphatic heterocycles. The van der Waals surface area contributed by atoms with Crippen LogP contribution in [0.1, 0.15) is 16.1 Å². The third kappa shape index (κ3) is 2.54. The molecule has 0 spiro atoms. The topological polar surface area (TPSA) is 63.8 Å². The van der Waals surface area contributed by atoms with Gasteiger partial charge < -0.3 is 9.84 Å². The number of carbonyl (C=O) groups is 1. The number of imidazole rings is 1. The Morgan fingerprint density at radius 2 is 2.35 bits per heavy atom. The third-order valence-electron chi connectivity index (χ3n) is 2.70. The average molecular weight is 353 g/mol. The number of hydrogen-bond donors (Lipinski definition) is 1. The Balaban J connectivity index is 1.79. The molecule has 7 heteroatoms. The van der Waals surface area contributed by atoms with Gasteiger partial charge in [0.15, 0.2) is 4.96 Å². The van der Waals surface area contributed by atoms with E-state index >= 15 is 0 Å². The van der Waals surface area contributed by atoms with Gasteiger partial charge >= 0.3 is 5.97 Å². The SMILES string of the molecule is O=C(O)c1ccc(Br)c(OCc2cn3ccsc3n2)c1. The smallest absolute Gasteiger partial charge is 0.335 e. The number of thiazole rings is 1. The molecule has 0 saturated carbocycles. The first-order valence-electron chi connectivity index (χ1n) is 5.70. The lowest BCUT2D eigenvalue weighted by atomic mass is 10.2. The molecule has 0 amide bonds. The number of carboxylic acid groups (broad SMARTS) is 1. The van der Waals surface area contributed by atoms with Gasteiger partial charge in [0, 0.05) is 17.8 Å². The second-order valence-corrected chi connectivity index (χ2v) is 5.79. The van der Waals surface area contributed by atoms with E-state index in [1.54, 1.807) is 17.4 Å². The zero-order chi connectivity index (χ0) is 14.1. The van der Waals surface area contributed by atoms with Crippen molar-refractivity contribution in [1.82, 2.24) is 9.38 Å². The van der Waals surface area contributed by atoms with Gasteiger partial charge in [0.25, 0.3) is 0 Å². The predicted octanol–water partition coefficient (Wildman–Crippen LogP) is 3.44. The first-order chi connectivity index (χ1) is 9.63. The van der Waals surface area contributed by atoms with Crippen LogP contribution in [-0.4, -0.2) is 20.5 Å². The number of rotatable bonds is 4. The van der Waals surface area contributed by atoms with E-state index in [1.165, 1.54) is 12.1 Å². The Kier molecular flexibility index (Phi) is 3.45. The van der Waals surface area contributed by atoms with Crippen molar-refractivity contribution in [2.45, 2.75) is 6.61 Å². The molecule has 1 aromatic carbocycles. The molecule has 3 rings (SSSR count). The minimum atomic E-state index is -0.982. The highest BCUT2D eigenvalue weighted by molar-refractivity contribution is 9.10. The number of aromatic carboxylic acids is 1. The van der Waals surface area contributed by atoms with Gasteiger partial charge in [-0.3, -0.25) is 4.40 Å². The predicted molar refractivity (Wildman–Crippen MR) is 78.5 cm³/mol. The van der Waals surface area contributed by atoms with Gasteiger partial charge in [-0.15, -0.1) is 11.3 Å². The van der Waals surface area contributed by atoms with E-state index in [9.17, 15) is 4.79 Å². The van der Waals surface area contributed by atoms with E-state index in [4.69, 9.17) is 9.84 Å². The zero-order valence-electron chi connectivity index (χ0n) is 10.1. The standard InChI is InChI=1S/C13H9BrN2O3S/c14-10-2-1-8(12(17)18)5-11(10)19-7-9-6-16-3-4-20-13(16)15-9/h1-6H,7H2,(H,17,18). The van der Waals surface area contributed by atoms with Gasteiger partial charge in [-0.25, -0.2) is 9.78 Å². The number of ether oxygens (including phenoxy) is 1. The van der Waals surface area contributed by atoms with Crippen molar-refractivity contribution in [2.24, 2.45) is 0 Å². The summed E-state index contributed by atoms with van der Waals surface area (Å²) in [5.41, 5.74) is 0.985. The summed E-state index contributed by atoms with van der Waals surface area (Å²) in [7, 11) is 0. The van der Waals surface area contributed by atoms with Crippen molar-refractivity contribution in [2.75, 3.05) is 0 Å². The lowest BCUT2D eigenvalue weighted by Gasteiger charge is -2.07. The number of carboxylic acids is 1. The normalized spacial score (nSPS) is 10.8. The lowest BCUT2D eigenvalue weighted by molar-refractivity contribution is 0.0696. The van der Waals surface area contributed by atoms with Crippen molar-refractivity contribution in [3.8, 4) is 5.75 Å². The molecular weight excluding hydrogens is 344 g/mol. The van der Waals surface area contributed by atoms with Crippen molar-refractivity contribution < 1.29 is 14.6 Å². The maximum atomic E-state index is 10.9.